The predicted molar refractivity (Wildman–Crippen MR) is 228 cm³/mol. The third-order valence-electron chi connectivity index (χ3n) is 11.1. The van der Waals surface area contributed by atoms with Crippen LogP contribution in [0.4, 0.5) is 0 Å². The van der Waals surface area contributed by atoms with Gasteiger partial charge in [-0.25, -0.2) is 0 Å². The molecule has 254 valence electrons. The Bertz CT molecular complexity index is 3120. The van der Waals surface area contributed by atoms with Crippen LogP contribution in [0.3, 0.4) is 0 Å². The maximum absolute atomic E-state index is 3.91. The van der Waals surface area contributed by atoms with Gasteiger partial charge in [0.25, 0.3) is 0 Å². The first-order valence-corrected chi connectivity index (χ1v) is 18.6. The normalized spacial score (nSPS) is 14.5. The monoisotopic (exact) mass is 689 g/mol. The lowest BCUT2D eigenvalue weighted by Gasteiger charge is -2.27. The van der Waals surface area contributed by atoms with E-state index in [2.05, 4.69) is 215 Å². The Hall–Kier alpha value is -7.10. The number of rotatable bonds is 5. The molecule has 1 aliphatic rings. The lowest BCUT2D eigenvalue weighted by molar-refractivity contribution is 0.739. The van der Waals surface area contributed by atoms with Gasteiger partial charge in [0.1, 0.15) is 5.82 Å². The van der Waals surface area contributed by atoms with Crippen LogP contribution in [0, 0.1) is 0 Å². The summed E-state index contributed by atoms with van der Waals surface area (Å²) in [7, 11) is 0. The van der Waals surface area contributed by atoms with E-state index in [0.29, 0.717) is 0 Å². The molecule has 1 N–H and O–H groups in total. The quantitative estimate of drug-likeness (QED) is 0.191. The van der Waals surface area contributed by atoms with Gasteiger partial charge in [-0.2, -0.15) is 0 Å². The molecule has 54 heavy (non-hydrogen) atoms. The molecule has 11 rings (SSSR count). The predicted octanol–water partition coefficient (Wildman–Crippen LogP) is 12.9. The molecule has 3 heteroatoms. The lowest BCUT2D eigenvalue weighted by Crippen LogP contribution is -2.24. The largest absolute Gasteiger partial charge is 0.361 e. The fraction of sp³-hybridized carbons (Fsp3) is 0.0196. The molecule has 0 saturated carbocycles. The highest BCUT2D eigenvalue weighted by Gasteiger charge is 2.22. The number of dihydropyridines is 1. The van der Waals surface area contributed by atoms with Crippen molar-refractivity contribution < 1.29 is 0 Å². The van der Waals surface area contributed by atoms with Gasteiger partial charge >= 0.3 is 0 Å². The third-order valence-corrected chi connectivity index (χ3v) is 11.1. The SMILES string of the molecule is C1=C(c2ccccc2)C=C(n2c3ccccc3c3cc(-c4ccc5c6ccccc6n(-c6ccc7ccccc7c6)c5c4)ccc32)NC1c1ccccc1. The van der Waals surface area contributed by atoms with Crippen LogP contribution in [0.1, 0.15) is 17.2 Å². The van der Waals surface area contributed by atoms with E-state index in [1.807, 2.05) is 0 Å². The van der Waals surface area contributed by atoms with Crippen molar-refractivity contribution in [2.24, 2.45) is 0 Å². The van der Waals surface area contributed by atoms with Crippen molar-refractivity contribution >= 4 is 65.8 Å². The second-order valence-corrected chi connectivity index (χ2v) is 14.3. The van der Waals surface area contributed by atoms with Gasteiger partial charge in [0.05, 0.1) is 28.1 Å². The molecule has 0 spiro atoms. The molecule has 0 fully saturated rings. The van der Waals surface area contributed by atoms with Crippen LogP contribution in [-0.2, 0) is 0 Å². The summed E-state index contributed by atoms with van der Waals surface area (Å²) < 4.78 is 4.83. The zero-order chi connectivity index (χ0) is 35.6. The van der Waals surface area contributed by atoms with E-state index in [4.69, 9.17) is 0 Å². The molecule has 1 aliphatic heterocycles. The van der Waals surface area contributed by atoms with Crippen molar-refractivity contribution in [1.82, 2.24) is 14.5 Å². The zero-order valence-electron chi connectivity index (χ0n) is 29.5. The molecule has 8 aromatic carbocycles. The van der Waals surface area contributed by atoms with Gasteiger partial charge in [-0.3, -0.25) is 4.57 Å². The maximum atomic E-state index is 3.91. The Morgan fingerprint density at radius 1 is 0.389 bits per heavy atom. The molecule has 10 aromatic rings. The molecular formula is C51H35N3. The van der Waals surface area contributed by atoms with Crippen LogP contribution in [0.15, 0.2) is 200 Å². The van der Waals surface area contributed by atoms with Crippen LogP contribution in [-0.4, -0.2) is 9.13 Å². The first kappa shape index (κ1) is 30.5. The molecule has 0 radical (unpaired) electrons. The smallest absolute Gasteiger partial charge is 0.112 e. The summed E-state index contributed by atoms with van der Waals surface area (Å²) in [4.78, 5) is 0. The van der Waals surface area contributed by atoms with Gasteiger partial charge in [0.2, 0.25) is 0 Å². The summed E-state index contributed by atoms with van der Waals surface area (Å²) in [5, 5.41) is 11.4. The van der Waals surface area contributed by atoms with Gasteiger partial charge in [-0.05, 0) is 93.2 Å². The summed E-state index contributed by atoms with van der Waals surface area (Å²) in [6, 6.07) is 68.3. The Labute approximate surface area is 313 Å². The summed E-state index contributed by atoms with van der Waals surface area (Å²) >= 11 is 0. The average Bonchev–Trinajstić information content (AvgIpc) is 3.76. The van der Waals surface area contributed by atoms with Crippen molar-refractivity contribution in [2.75, 3.05) is 0 Å². The Morgan fingerprint density at radius 3 is 1.81 bits per heavy atom. The molecule has 0 saturated heterocycles. The van der Waals surface area contributed by atoms with E-state index in [1.165, 1.54) is 87.9 Å². The minimum atomic E-state index is 0.0259. The molecule has 1 unspecified atom stereocenters. The highest BCUT2D eigenvalue weighted by Crippen LogP contribution is 2.40. The van der Waals surface area contributed by atoms with E-state index in [1.54, 1.807) is 0 Å². The van der Waals surface area contributed by atoms with Gasteiger partial charge in [0, 0.05) is 27.2 Å². The van der Waals surface area contributed by atoms with Crippen molar-refractivity contribution in [3.8, 4) is 16.8 Å². The van der Waals surface area contributed by atoms with E-state index in [0.717, 1.165) is 5.82 Å². The van der Waals surface area contributed by atoms with Crippen LogP contribution in [0.5, 0.6) is 0 Å². The number of para-hydroxylation sites is 2. The van der Waals surface area contributed by atoms with Crippen molar-refractivity contribution in [1.29, 1.82) is 0 Å². The second kappa shape index (κ2) is 12.3. The maximum Gasteiger partial charge on any atom is 0.112 e. The van der Waals surface area contributed by atoms with E-state index < -0.39 is 0 Å². The van der Waals surface area contributed by atoms with Crippen LogP contribution < -0.4 is 5.32 Å². The Kier molecular flexibility index (Phi) is 6.93. The highest BCUT2D eigenvalue weighted by atomic mass is 15.2. The van der Waals surface area contributed by atoms with Crippen molar-refractivity contribution in [3.05, 3.63) is 211 Å². The summed E-state index contributed by atoms with van der Waals surface area (Å²) in [6.45, 7) is 0. The molecule has 2 aromatic heterocycles. The van der Waals surface area contributed by atoms with Gasteiger partial charge < -0.3 is 9.88 Å². The van der Waals surface area contributed by atoms with Crippen LogP contribution in [0.25, 0.3) is 82.6 Å². The van der Waals surface area contributed by atoms with Gasteiger partial charge in [-0.15, -0.1) is 0 Å². The Morgan fingerprint density at radius 2 is 1.00 bits per heavy atom. The second-order valence-electron chi connectivity index (χ2n) is 14.3. The molecule has 1 atom stereocenters. The molecular weight excluding hydrogens is 655 g/mol. The van der Waals surface area contributed by atoms with Gasteiger partial charge in [-0.1, -0.05) is 146 Å². The van der Waals surface area contributed by atoms with E-state index >= 15 is 0 Å². The molecule has 0 aliphatic carbocycles. The number of benzene rings is 8. The van der Waals surface area contributed by atoms with Gasteiger partial charge in [0.15, 0.2) is 0 Å². The minimum absolute atomic E-state index is 0.0259. The number of aromatic nitrogens is 2. The Balaban J connectivity index is 1.08. The number of allylic oxidation sites excluding steroid dienone is 2. The standard InChI is InChI=1S/C51H35N3/c1-3-13-34(14-4-1)40-31-46(36-16-5-2-6-17-36)52-51(33-40)54-48-22-12-10-20-43(48)45-30-38(25-28-49(45)54)39-24-27-44-42-19-9-11-21-47(42)53(50(44)32-39)41-26-23-35-15-7-8-18-37(35)29-41/h1-33,46,52H. The first-order chi connectivity index (χ1) is 26.8. The van der Waals surface area contributed by atoms with Crippen molar-refractivity contribution in [2.45, 2.75) is 6.04 Å². The number of hydrogen-bond acceptors (Lipinski definition) is 1. The zero-order valence-corrected chi connectivity index (χ0v) is 29.5. The molecule has 0 amide bonds. The molecule has 3 nitrogen and oxygen atoms in total. The lowest BCUT2D eigenvalue weighted by atomic mass is 9.96. The van der Waals surface area contributed by atoms with E-state index in [-0.39, 0.29) is 6.04 Å². The average molecular weight is 690 g/mol. The van der Waals surface area contributed by atoms with Crippen LogP contribution >= 0.6 is 0 Å². The number of fused-ring (bicyclic) bond motifs is 7. The molecule has 0 bridgehead atoms. The fourth-order valence-electron chi connectivity index (χ4n) is 8.55. The third kappa shape index (κ3) is 4.90. The summed E-state index contributed by atoms with van der Waals surface area (Å²) in [5.74, 6) is 1.06. The van der Waals surface area contributed by atoms with Crippen molar-refractivity contribution in [3.63, 3.8) is 0 Å². The molecule has 3 heterocycles. The topological polar surface area (TPSA) is 21.9 Å². The number of nitrogens with zero attached hydrogens (tertiary/aromatic N) is 2. The van der Waals surface area contributed by atoms with E-state index in [9.17, 15) is 0 Å². The summed E-state index contributed by atoms with van der Waals surface area (Å²) in [6.07, 6.45) is 4.64. The number of nitrogens with one attached hydrogen (secondary N) is 1. The highest BCUT2D eigenvalue weighted by molar-refractivity contribution is 6.13. The minimum Gasteiger partial charge on any atom is -0.361 e. The fourth-order valence-corrected chi connectivity index (χ4v) is 8.55. The number of hydrogen-bond donors (Lipinski definition) is 1. The van der Waals surface area contributed by atoms with Crippen LogP contribution in [0.2, 0.25) is 0 Å². The first-order valence-electron chi connectivity index (χ1n) is 18.6. The summed E-state index contributed by atoms with van der Waals surface area (Å²) in [5.41, 5.74) is 12.0.